The minimum absolute atomic E-state index is 0.425. The molecule has 3 N–H and O–H groups in total. The summed E-state index contributed by atoms with van der Waals surface area (Å²) in [5, 5.41) is 7.72. The van der Waals surface area contributed by atoms with Crippen molar-refractivity contribution in [3.8, 4) is 0 Å². The highest BCUT2D eigenvalue weighted by Crippen LogP contribution is 2.19. The first-order valence-electron chi connectivity index (χ1n) is 5.11. The number of rotatable bonds is 2. The molecule has 0 fully saturated rings. The molecule has 1 aromatic rings. The second-order valence-electron chi connectivity index (χ2n) is 3.46. The van der Waals surface area contributed by atoms with Crippen molar-refractivity contribution in [3.05, 3.63) is 54.1 Å². The predicted octanol–water partition coefficient (Wildman–Crippen LogP) is 2.36. The van der Waals surface area contributed by atoms with Crippen LogP contribution in [0.3, 0.4) is 0 Å². The highest BCUT2D eigenvalue weighted by molar-refractivity contribution is 6.50. The first-order chi connectivity index (χ1) is 7.81. The lowest BCUT2D eigenvalue weighted by molar-refractivity contribution is 1.07. The van der Waals surface area contributed by atoms with Gasteiger partial charge in [-0.15, -0.1) is 0 Å². The number of hydrogen-bond acceptors (Lipinski definition) is 3. The SMILES string of the molecule is N=C1C=CC=CC1=Nc1ccccc1CN. The molecule has 0 amide bonds. The van der Waals surface area contributed by atoms with Gasteiger partial charge in [0.1, 0.15) is 0 Å². The molecule has 80 valence electrons. The molecule has 16 heavy (non-hydrogen) atoms. The number of benzene rings is 1. The largest absolute Gasteiger partial charge is 0.326 e. The van der Waals surface area contributed by atoms with Gasteiger partial charge < -0.3 is 5.73 Å². The summed E-state index contributed by atoms with van der Waals surface area (Å²) in [6, 6.07) is 7.72. The van der Waals surface area contributed by atoms with Gasteiger partial charge >= 0.3 is 0 Å². The molecule has 0 spiro atoms. The fourth-order valence-electron chi connectivity index (χ4n) is 1.49. The van der Waals surface area contributed by atoms with Crippen molar-refractivity contribution in [2.45, 2.75) is 6.54 Å². The van der Waals surface area contributed by atoms with Gasteiger partial charge in [-0.3, -0.25) is 5.41 Å². The van der Waals surface area contributed by atoms with Crippen LogP contribution in [0, 0.1) is 5.41 Å². The molecule has 2 rings (SSSR count). The summed E-state index contributed by atoms with van der Waals surface area (Å²) < 4.78 is 0. The van der Waals surface area contributed by atoms with E-state index in [0.717, 1.165) is 11.3 Å². The molecule has 1 aliphatic rings. The maximum atomic E-state index is 7.72. The lowest BCUT2D eigenvalue weighted by atomic mass is 10.1. The molecular weight excluding hydrogens is 198 g/mol. The first kappa shape index (κ1) is 10.5. The third-order valence-electron chi connectivity index (χ3n) is 2.36. The minimum Gasteiger partial charge on any atom is -0.326 e. The molecule has 0 heterocycles. The van der Waals surface area contributed by atoms with E-state index in [1.807, 2.05) is 42.5 Å². The number of aliphatic imine (C=N–C) groups is 1. The Morgan fingerprint density at radius 3 is 2.62 bits per heavy atom. The molecule has 0 saturated heterocycles. The van der Waals surface area contributed by atoms with E-state index >= 15 is 0 Å². The number of hydrogen-bond donors (Lipinski definition) is 2. The average molecular weight is 211 g/mol. The van der Waals surface area contributed by atoms with Crippen molar-refractivity contribution in [1.82, 2.24) is 0 Å². The Morgan fingerprint density at radius 2 is 1.88 bits per heavy atom. The normalized spacial score (nSPS) is 17.1. The molecule has 0 atom stereocenters. The number of nitrogens with zero attached hydrogens (tertiary/aromatic N) is 1. The Labute approximate surface area is 94.5 Å². The average Bonchev–Trinajstić information content (AvgIpc) is 2.33. The van der Waals surface area contributed by atoms with Crippen LogP contribution in [0.15, 0.2) is 53.6 Å². The Hall–Kier alpha value is -2.00. The predicted molar refractivity (Wildman–Crippen MR) is 67.4 cm³/mol. The van der Waals surface area contributed by atoms with Crippen molar-refractivity contribution in [2.24, 2.45) is 10.7 Å². The van der Waals surface area contributed by atoms with E-state index in [1.54, 1.807) is 6.08 Å². The minimum atomic E-state index is 0.425. The quantitative estimate of drug-likeness (QED) is 0.725. The van der Waals surface area contributed by atoms with Crippen LogP contribution in [0.2, 0.25) is 0 Å². The zero-order valence-corrected chi connectivity index (χ0v) is 8.85. The number of allylic oxidation sites excluding steroid dienone is 4. The summed E-state index contributed by atoms with van der Waals surface area (Å²) in [6.45, 7) is 0.458. The fraction of sp³-hybridized carbons (Fsp3) is 0.0769. The van der Waals surface area contributed by atoms with Gasteiger partial charge in [0.2, 0.25) is 0 Å². The monoisotopic (exact) mass is 211 g/mol. The second kappa shape index (κ2) is 4.68. The van der Waals surface area contributed by atoms with Gasteiger partial charge in [-0.2, -0.15) is 0 Å². The van der Waals surface area contributed by atoms with Gasteiger partial charge in [0.25, 0.3) is 0 Å². The third-order valence-corrected chi connectivity index (χ3v) is 2.36. The first-order valence-corrected chi connectivity index (χ1v) is 5.11. The molecule has 0 bridgehead atoms. The van der Waals surface area contributed by atoms with Crippen LogP contribution >= 0.6 is 0 Å². The lowest BCUT2D eigenvalue weighted by Gasteiger charge is -2.06. The van der Waals surface area contributed by atoms with Crippen molar-refractivity contribution in [1.29, 1.82) is 5.41 Å². The Kier molecular flexibility index (Phi) is 3.08. The molecule has 0 saturated carbocycles. The smallest absolute Gasteiger partial charge is 0.0886 e. The summed E-state index contributed by atoms with van der Waals surface area (Å²) in [7, 11) is 0. The molecule has 3 nitrogen and oxygen atoms in total. The second-order valence-corrected chi connectivity index (χ2v) is 3.46. The topological polar surface area (TPSA) is 62.2 Å². The fourth-order valence-corrected chi connectivity index (χ4v) is 1.49. The van der Waals surface area contributed by atoms with Crippen molar-refractivity contribution < 1.29 is 0 Å². The number of para-hydroxylation sites is 1. The molecular formula is C13H13N3. The van der Waals surface area contributed by atoms with Crippen molar-refractivity contribution >= 4 is 17.1 Å². The molecule has 0 radical (unpaired) electrons. The molecule has 0 aromatic heterocycles. The van der Waals surface area contributed by atoms with Crippen molar-refractivity contribution in [2.75, 3.05) is 0 Å². The van der Waals surface area contributed by atoms with Crippen LogP contribution in [-0.2, 0) is 6.54 Å². The van der Waals surface area contributed by atoms with E-state index in [1.165, 1.54) is 0 Å². The number of nitrogens with one attached hydrogen (secondary N) is 1. The molecule has 0 unspecified atom stereocenters. The van der Waals surface area contributed by atoms with Gasteiger partial charge in [-0.05, 0) is 23.8 Å². The van der Waals surface area contributed by atoms with Gasteiger partial charge in [-0.25, -0.2) is 4.99 Å². The van der Waals surface area contributed by atoms with Gasteiger partial charge in [0, 0.05) is 6.54 Å². The van der Waals surface area contributed by atoms with E-state index < -0.39 is 0 Å². The van der Waals surface area contributed by atoms with Crippen LogP contribution in [0.25, 0.3) is 0 Å². The maximum Gasteiger partial charge on any atom is 0.0886 e. The van der Waals surface area contributed by atoms with E-state index in [4.69, 9.17) is 11.1 Å². The number of nitrogens with two attached hydrogens (primary N) is 1. The molecule has 0 aliphatic heterocycles. The highest BCUT2D eigenvalue weighted by atomic mass is 14.8. The maximum absolute atomic E-state index is 7.72. The molecule has 1 aromatic carbocycles. The summed E-state index contributed by atoms with van der Waals surface area (Å²) >= 11 is 0. The molecule has 3 heteroatoms. The van der Waals surface area contributed by atoms with E-state index in [0.29, 0.717) is 18.0 Å². The van der Waals surface area contributed by atoms with Gasteiger partial charge in [0.05, 0.1) is 17.1 Å². The van der Waals surface area contributed by atoms with E-state index in [2.05, 4.69) is 4.99 Å². The third kappa shape index (κ3) is 2.15. The van der Waals surface area contributed by atoms with Crippen LogP contribution in [0.4, 0.5) is 5.69 Å². The van der Waals surface area contributed by atoms with Crippen LogP contribution in [-0.4, -0.2) is 11.4 Å². The Morgan fingerprint density at radius 1 is 1.12 bits per heavy atom. The summed E-state index contributed by atoms with van der Waals surface area (Å²) in [6.07, 6.45) is 7.26. The standard InChI is InChI=1S/C13H13N3/c14-9-10-5-1-3-7-12(10)16-13-8-4-2-6-11(13)15/h1-8,15H,9,14H2. The Bertz CT molecular complexity index is 496. The van der Waals surface area contributed by atoms with Gasteiger partial charge in [-0.1, -0.05) is 30.4 Å². The van der Waals surface area contributed by atoms with Crippen molar-refractivity contribution in [3.63, 3.8) is 0 Å². The molecule has 1 aliphatic carbocycles. The summed E-state index contributed by atoms with van der Waals surface area (Å²) in [5.41, 5.74) is 8.56. The van der Waals surface area contributed by atoms with Gasteiger partial charge in [0.15, 0.2) is 0 Å². The summed E-state index contributed by atoms with van der Waals surface area (Å²) in [5.74, 6) is 0. The highest BCUT2D eigenvalue weighted by Gasteiger charge is 2.05. The zero-order valence-electron chi connectivity index (χ0n) is 8.85. The lowest BCUT2D eigenvalue weighted by Crippen LogP contribution is -2.09. The van der Waals surface area contributed by atoms with E-state index in [-0.39, 0.29) is 0 Å². The Balaban J connectivity index is 2.39. The summed E-state index contributed by atoms with van der Waals surface area (Å²) in [4.78, 5) is 4.44. The van der Waals surface area contributed by atoms with E-state index in [9.17, 15) is 0 Å². The zero-order chi connectivity index (χ0) is 11.4. The van der Waals surface area contributed by atoms with Crippen LogP contribution < -0.4 is 5.73 Å². The van der Waals surface area contributed by atoms with Crippen LogP contribution in [0.1, 0.15) is 5.56 Å². The van der Waals surface area contributed by atoms with Crippen LogP contribution in [0.5, 0.6) is 0 Å².